The Bertz CT molecular complexity index is 332. The molecule has 0 aromatic carbocycles. The van der Waals surface area contributed by atoms with E-state index in [1.807, 2.05) is 6.07 Å². The maximum Gasteiger partial charge on any atom is 0.0931 e. The molecule has 0 aliphatic heterocycles. The van der Waals surface area contributed by atoms with Crippen molar-refractivity contribution in [1.29, 1.82) is 0 Å². The van der Waals surface area contributed by atoms with E-state index in [2.05, 4.69) is 25.2 Å². The Kier molecular flexibility index (Phi) is 3.39. The summed E-state index contributed by atoms with van der Waals surface area (Å²) in [5, 5.41) is 3.65. The molecule has 0 amide bonds. The summed E-state index contributed by atoms with van der Waals surface area (Å²) in [5.74, 6) is 0. The van der Waals surface area contributed by atoms with Crippen LogP contribution in [0.1, 0.15) is 38.0 Å². The molecule has 2 rings (SSSR count). The third-order valence-electron chi connectivity index (χ3n) is 3.41. The van der Waals surface area contributed by atoms with Gasteiger partial charge in [0, 0.05) is 17.5 Å². The number of rotatable bonds is 3. The summed E-state index contributed by atoms with van der Waals surface area (Å²) in [5.41, 5.74) is 0.459. The smallest absolute Gasteiger partial charge is 0.0931 e. The van der Waals surface area contributed by atoms with Crippen molar-refractivity contribution in [2.75, 3.05) is 0 Å². The Morgan fingerprint density at radius 2 is 2.33 bits per heavy atom. The van der Waals surface area contributed by atoms with Crippen LogP contribution in [0.5, 0.6) is 0 Å². The van der Waals surface area contributed by atoms with E-state index in [4.69, 9.17) is 11.6 Å². The molecule has 1 aromatic rings. The lowest BCUT2D eigenvalue weighted by atomic mass is 9.87. The highest BCUT2D eigenvalue weighted by Gasteiger charge is 2.33. The molecule has 1 saturated carbocycles. The zero-order valence-corrected chi connectivity index (χ0v) is 10.9. The van der Waals surface area contributed by atoms with E-state index in [1.165, 1.54) is 24.1 Å². The zero-order chi connectivity index (χ0) is 10.9. The summed E-state index contributed by atoms with van der Waals surface area (Å²) in [4.78, 5) is 1.34. The molecule has 0 spiro atoms. The summed E-state index contributed by atoms with van der Waals surface area (Å²) in [6.45, 7) is 5.68. The molecule has 1 aromatic heterocycles. The van der Waals surface area contributed by atoms with Crippen molar-refractivity contribution in [2.45, 2.75) is 45.7 Å². The fourth-order valence-electron chi connectivity index (χ4n) is 2.38. The van der Waals surface area contributed by atoms with Crippen LogP contribution in [0.15, 0.2) is 12.1 Å². The van der Waals surface area contributed by atoms with Crippen LogP contribution in [-0.2, 0) is 6.54 Å². The normalized spacial score (nSPS) is 24.6. The van der Waals surface area contributed by atoms with Gasteiger partial charge in [0.15, 0.2) is 0 Å². The lowest BCUT2D eigenvalue weighted by Gasteiger charge is -2.27. The molecule has 1 nitrogen and oxygen atoms in total. The van der Waals surface area contributed by atoms with Gasteiger partial charge in [0.1, 0.15) is 0 Å². The average Bonchev–Trinajstić information content (AvgIpc) is 2.69. The highest BCUT2D eigenvalue weighted by atomic mass is 35.5. The number of halogens is 1. The maximum absolute atomic E-state index is 5.90. The second-order valence-electron chi connectivity index (χ2n) is 5.02. The summed E-state index contributed by atoms with van der Waals surface area (Å²) in [6.07, 6.45) is 4.01. The van der Waals surface area contributed by atoms with Crippen molar-refractivity contribution in [3.8, 4) is 0 Å². The fraction of sp³-hybridized carbons (Fsp3) is 0.667. The second kappa shape index (κ2) is 4.44. The molecule has 0 radical (unpaired) electrons. The second-order valence-corrected chi connectivity index (χ2v) is 6.82. The summed E-state index contributed by atoms with van der Waals surface area (Å²) < 4.78 is 0.887. The van der Waals surface area contributed by atoms with Gasteiger partial charge in [-0.1, -0.05) is 31.9 Å². The summed E-state index contributed by atoms with van der Waals surface area (Å²) in [7, 11) is 0. The minimum atomic E-state index is 0.459. The standard InChI is InChI=1S/C12H18ClNS/c1-12(2)7-3-4-10(12)14-8-9-5-6-11(13)15-9/h5-6,10,14H,3-4,7-8H2,1-2H3. The first-order valence-electron chi connectivity index (χ1n) is 5.55. The molecule has 84 valence electrons. The van der Waals surface area contributed by atoms with Gasteiger partial charge in [0.25, 0.3) is 0 Å². The van der Waals surface area contributed by atoms with Gasteiger partial charge in [0.05, 0.1) is 4.34 Å². The minimum absolute atomic E-state index is 0.459. The Labute approximate surface area is 101 Å². The summed E-state index contributed by atoms with van der Waals surface area (Å²) >= 11 is 7.58. The van der Waals surface area contributed by atoms with Gasteiger partial charge in [-0.3, -0.25) is 0 Å². The molecule has 3 heteroatoms. The Morgan fingerprint density at radius 1 is 1.53 bits per heavy atom. The van der Waals surface area contributed by atoms with Crippen molar-refractivity contribution in [3.63, 3.8) is 0 Å². The number of nitrogens with one attached hydrogen (secondary N) is 1. The quantitative estimate of drug-likeness (QED) is 0.844. The van der Waals surface area contributed by atoms with Gasteiger partial charge in [-0.05, 0) is 30.4 Å². The molecule has 1 heterocycles. The van der Waals surface area contributed by atoms with Gasteiger partial charge in [-0.25, -0.2) is 0 Å². The molecule has 1 aliphatic rings. The van der Waals surface area contributed by atoms with Crippen molar-refractivity contribution >= 4 is 22.9 Å². The van der Waals surface area contributed by atoms with E-state index >= 15 is 0 Å². The third kappa shape index (κ3) is 2.74. The predicted octanol–water partition coefficient (Wildman–Crippen LogP) is 4.07. The highest BCUT2D eigenvalue weighted by molar-refractivity contribution is 7.16. The van der Waals surface area contributed by atoms with Crippen molar-refractivity contribution in [1.82, 2.24) is 5.32 Å². The minimum Gasteiger partial charge on any atom is -0.309 e. The van der Waals surface area contributed by atoms with Gasteiger partial charge >= 0.3 is 0 Å². The van der Waals surface area contributed by atoms with Crippen LogP contribution in [-0.4, -0.2) is 6.04 Å². The van der Waals surface area contributed by atoms with Crippen molar-refractivity contribution < 1.29 is 0 Å². The highest BCUT2D eigenvalue weighted by Crippen LogP contribution is 2.37. The first-order chi connectivity index (χ1) is 7.08. The fourth-order valence-corrected chi connectivity index (χ4v) is 3.41. The van der Waals surface area contributed by atoms with E-state index in [0.29, 0.717) is 11.5 Å². The molecule has 0 bridgehead atoms. The SMILES string of the molecule is CC1(C)CCCC1NCc1ccc(Cl)s1. The van der Waals surface area contributed by atoms with E-state index in [0.717, 1.165) is 10.9 Å². The molecular weight excluding hydrogens is 226 g/mol. The van der Waals surface area contributed by atoms with Crippen LogP contribution < -0.4 is 5.32 Å². The van der Waals surface area contributed by atoms with E-state index in [-0.39, 0.29) is 0 Å². The predicted molar refractivity (Wildman–Crippen MR) is 67.6 cm³/mol. The number of thiophene rings is 1. The molecule has 1 unspecified atom stereocenters. The topological polar surface area (TPSA) is 12.0 Å². The van der Waals surface area contributed by atoms with Crippen molar-refractivity contribution in [2.24, 2.45) is 5.41 Å². The van der Waals surface area contributed by atoms with Crippen LogP contribution in [0, 0.1) is 5.41 Å². The van der Waals surface area contributed by atoms with Gasteiger partial charge in [-0.15, -0.1) is 11.3 Å². The first-order valence-corrected chi connectivity index (χ1v) is 6.75. The van der Waals surface area contributed by atoms with E-state index in [1.54, 1.807) is 11.3 Å². The monoisotopic (exact) mass is 243 g/mol. The zero-order valence-electron chi connectivity index (χ0n) is 9.35. The molecule has 1 N–H and O–H groups in total. The lowest BCUT2D eigenvalue weighted by Crippen LogP contribution is -2.36. The van der Waals surface area contributed by atoms with Crippen LogP contribution in [0.4, 0.5) is 0 Å². The van der Waals surface area contributed by atoms with E-state index < -0.39 is 0 Å². The molecule has 1 aliphatic carbocycles. The average molecular weight is 244 g/mol. The Hall–Kier alpha value is -0.0500. The van der Waals surface area contributed by atoms with Gasteiger partial charge in [-0.2, -0.15) is 0 Å². The molecule has 15 heavy (non-hydrogen) atoms. The Morgan fingerprint density at radius 3 is 2.87 bits per heavy atom. The van der Waals surface area contributed by atoms with Gasteiger partial charge < -0.3 is 5.32 Å². The lowest BCUT2D eigenvalue weighted by molar-refractivity contribution is 0.283. The molecular formula is C12H18ClNS. The molecule has 1 atom stereocenters. The van der Waals surface area contributed by atoms with Crippen LogP contribution in [0.25, 0.3) is 0 Å². The van der Waals surface area contributed by atoms with Crippen LogP contribution in [0.3, 0.4) is 0 Å². The summed E-state index contributed by atoms with van der Waals surface area (Å²) in [6, 6.07) is 4.75. The number of hydrogen-bond donors (Lipinski definition) is 1. The van der Waals surface area contributed by atoms with Crippen LogP contribution in [0.2, 0.25) is 4.34 Å². The molecule has 1 fully saturated rings. The van der Waals surface area contributed by atoms with Crippen molar-refractivity contribution in [3.05, 3.63) is 21.3 Å². The largest absolute Gasteiger partial charge is 0.309 e. The molecule has 0 saturated heterocycles. The Balaban J connectivity index is 1.88. The van der Waals surface area contributed by atoms with Gasteiger partial charge in [0.2, 0.25) is 0 Å². The van der Waals surface area contributed by atoms with E-state index in [9.17, 15) is 0 Å². The maximum atomic E-state index is 5.90. The first kappa shape index (κ1) is 11.4. The van der Waals surface area contributed by atoms with Crippen LogP contribution >= 0.6 is 22.9 Å². The third-order valence-corrected chi connectivity index (χ3v) is 4.64. The number of hydrogen-bond acceptors (Lipinski definition) is 2.